The van der Waals surface area contributed by atoms with Gasteiger partial charge in [-0.2, -0.15) is 0 Å². The smallest absolute Gasteiger partial charge is 0.337 e. The van der Waals surface area contributed by atoms with Crippen molar-refractivity contribution in [1.29, 1.82) is 0 Å². The van der Waals surface area contributed by atoms with Crippen molar-refractivity contribution >= 4 is 40.8 Å². The third-order valence-corrected chi connectivity index (χ3v) is 3.66. The SMILES string of the molecule is COC(=O)c1cc(NC(=O)CNc2cc(Cl)ccc2F)cc(C(=O)OC)c1. The van der Waals surface area contributed by atoms with Crippen LogP contribution in [0.15, 0.2) is 36.4 Å². The molecule has 2 aromatic carbocycles. The van der Waals surface area contributed by atoms with Gasteiger partial charge >= 0.3 is 11.9 Å². The molecule has 1 amide bonds. The highest BCUT2D eigenvalue weighted by atomic mass is 35.5. The second kappa shape index (κ2) is 9.00. The molecule has 0 radical (unpaired) electrons. The number of methoxy groups -OCH3 is 2. The van der Waals surface area contributed by atoms with Gasteiger partial charge in [0.15, 0.2) is 0 Å². The summed E-state index contributed by atoms with van der Waals surface area (Å²) in [6, 6.07) is 7.87. The van der Waals surface area contributed by atoms with E-state index < -0.39 is 23.7 Å². The van der Waals surface area contributed by atoms with E-state index in [1.807, 2.05) is 0 Å². The van der Waals surface area contributed by atoms with Gasteiger partial charge in [0.1, 0.15) is 5.82 Å². The molecule has 0 aliphatic rings. The summed E-state index contributed by atoms with van der Waals surface area (Å²) >= 11 is 5.79. The first-order valence-electron chi connectivity index (χ1n) is 7.64. The van der Waals surface area contributed by atoms with Crippen molar-refractivity contribution in [1.82, 2.24) is 0 Å². The molecule has 0 saturated carbocycles. The lowest BCUT2D eigenvalue weighted by atomic mass is 10.1. The molecule has 0 aromatic heterocycles. The second-order valence-corrected chi connectivity index (χ2v) is 5.74. The Hall–Kier alpha value is -3.13. The first-order chi connectivity index (χ1) is 12.8. The maximum Gasteiger partial charge on any atom is 0.337 e. The van der Waals surface area contributed by atoms with Gasteiger partial charge in [-0.15, -0.1) is 0 Å². The van der Waals surface area contributed by atoms with Crippen LogP contribution in [0.2, 0.25) is 5.02 Å². The van der Waals surface area contributed by atoms with E-state index in [1.165, 1.54) is 50.6 Å². The van der Waals surface area contributed by atoms with Gasteiger partial charge in [-0.25, -0.2) is 14.0 Å². The third kappa shape index (κ3) is 5.42. The van der Waals surface area contributed by atoms with Crippen molar-refractivity contribution < 1.29 is 28.2 Å². The molecule has 9 heteroatoms. The molecule has 0 atom stereocenters. The van der Waals surface area contributed by atoms with E-state index in [1.54, 1.807) is 0 Å². The zero-order valence-electron chi connectivity index (χ0n) is 14.5. The number of rotatable bonds is 6. The minimum Gasteiger partial charge on any atom is -0.465 e. The first kappa shape index (κ1) is 20.2. The van der Waals surface area contributed by atoms with Crippen LogP contribution in [0.5, 0.6) is 0 Å². The molecule has 7 nitrogen and oxygen atoms in total. The molecule has 0 aliphatic carbocycles. The zero-order valence-corrected chi connectivity index (χ0v) is 15.2. The molecular formula is C18H16ClFN2O5. The molecule has 0 heterocycles. The number of amides is 1. The summed E-state index contributed by atoms with van der Waals surface area (Å²) in [5.74, 6) is -2.47. The fourth-order valence-electron chi connectivity index (χ4n) is 2.18. The highest BCUT2D eigenvalue weighted by Gasteiger charge is 2.15. The van der Waals surface area contributed by atoms with Crippen LogP contribution in [-0.2, 0) is 14.3 Å². The number of anilines is 2. The highest BCUT2D eigenvalue weighted by Crippen LogP contribution is 2.20. The number of hydrogen-bond donors (Lipinski definition) is 2. The molecule has 2 rings (SSSR count). The number of ether oxygens (including phenoxy) is 2. The van der Waals surface area contributed by atoms with Crippen LogP contribution in [0.25, 0.3) is 0 Å². The predicted molar refractivity (Wildman–Crippen MR) is 97.7 cm³/mol. The molecule has 0 fully saturated rings. The summed E-state index contributed by atoms with van der Waals surface area (Å²) in [7, 11) is 2.38. The zero-order chi connectivity index (χ0) is 20.0. The van der Waals surface area contributed by atoms with Crippen molar-refractivity contribution in [3.63, 3.8) is 0 Å². The van der Waals surface area contributed by atoms with Gasteiger partial charge in [-0.3, -0.25) is 4.79 Å². The van der Waals surface area contributed by atoms with E-state index in [0.717, 1.165) is 0 Å². The lowest BCUT2D eigenvalue weighted by Crippen LogP contribution is -2.22. The number of esters is 2. The van der Waals surface area contributed by atoms with Crippen LogP contribution >= 0.6 is 11.6 Å². The van der Waals surface area contributed by atoms with Gasteiger partial charge in [-0.05, 0) is 36.4 Å². The number of nitrogens with one attached hydrogen (secondary N) is 2. The summed E-state index contributed by atoms with van der Waals surface area (Å²) < 4.78 is 22.9. The molecule has 0 saturated heterocycles. The summed E-state index contributed by atoms with van der Waals surface area (Å²) in [6.07, 6.45) is 0. The Morgan fingerprint density at radius 3 is 2.15 bits per heavy atom. The summed E-state index contributed by atoms with van der Waals surface area (Å²) in [5.41, 5.74) is 0.363. The average molecular weight is 395 g/mol. The maximum atomic E-state index is 13.7. The van der Waals surface area contributed by atoms with Crippen molar-refractivity contribution in [3.8, 4) is 0 Å². The molecule has 0 unspecified atom stereocenters. The van der Waals surface area contributed by atoms with Crippen LogP contribution in [-0.4, -0.2) is 38.6 Å². The Kier molecular flexibility index (Phi) is 6.73. The van der Waals surface area contributed by atoms with Crippen LogP contribution in [0.3, 0.4) is 0 Å². The Morgan fingerprint density at radius 2 is 1.59 bits per heavy atom. The molecule has 27 heavy (non-hydrogen) atoms. The third-order valence-electron chi connectivity index (χ3n) is 3.43. The van der Waals surface area contributed by atoms with Crippen molar-refractivity contribution in [3.05, 3.63) is 58.4 Å². The largest absolute Gasteiger partial charge is 0.465 e. The van der Waals surface area contributed by atoms with E-state index in [9.17, 15) is 18.8 Å². The topological polar surface area (TPSA) is 93.7 Å². The maximum absolute atomic E-state index is 13.7. The van der Waals surface area contributed by atoms with E-state index in [-0.39, 0.29) is 29.0 Å². The fraction of sp³-hybridized carbons (Fsp3) is 0.167. The van der Waals surface area contributed by atoms with E-state index >= 15 is 0 Å². The van der Waals surface area contributed by atoms with Crippen LogP contribution in [0.4, 0.5) is 15.8 Å². The van der Waals surface area contributed by atoms with Crippen LogP contribution in [0, 0.1) is 5.82 Å². The molecule has 2 aromatic rings. The molecule has 2 N–H and O–H groups in total. The Bertz CT molecular complexity index is 854. The van der Waals surface area contributed by atoms with Gasteiger partial charge in [0.25, 0.3) is 0 Å². The molecule has 0 spiro atoms. The standard InChI is InChI=1S/C18H16ClFN2O5/c1-26-17(24)10-5-11(18(25)27-2)7-13(6-10)22-16(23)9-21-15-8-12(19)3-4-14(15)20/h3-8,21H,9H2,1-2H3,(H,22,23). The summed E-state index contributed by atoms with van der Waals surface area (Å²) in [4.78, 5) is 35.6. The van der Waals surface area contributed by atoms with Gasteiger partial charge in [0.2, 0.25) is 5.91 Å². The first-order valence-corrected chi connectivity index (χ1v) is 8.02. The lowest BCUT2D eigenvalue weighted by molar-refractivity contribution is -0.114. The summed E-state index contributed by atoms with van der Waals surface area (Å²) in [6.45, 7) is -0.271. The Balaban J connectivity index is 2.15. The van der Waals surface area contributed by atoms with Gasteiger partial charge in [0, 0.05) is 10.7 Å². The quantitative estimate of drug-likeness (QED) is 0.731. The molecular weight excluding hydrogens is 379 g/mol. The molecule has 0 aliphatic heterocycles. The van der Waals surface area contributed by atoms with Gasteiger partial charge < -0.3 is 20.1 Å². The van der Waals surface area contributed by atoms with E-state index in [4.69, 9.17) is 11.6 Å². The number of halogens is 2. The Morgan fingerprint density at radius 1 is 1.00 bits per heavy atom. The fourth-order valence-corrected chi connectivity index (χ4v) is 2.36. The van der Waals surface area contributed by atoms with Gasteiger partial charge in [-0.1, -0.05) is 11.6 Å². The second-order valence-electron chi connectivity index (χ2n) is 5.31. The number of carbonyl (C=O) groups is 3. The highest BCUT2D eigenvalue weighted by molar-refractivity contribution is 6.30. The summed E-state index contributed by atoms with van der Waals surface area (Å²) in [5, 5.41) is 5.44. The minimum atomic E-state index is -0.685. The molecule has 0 bridgehead atoms. The van der Waals surface area contributed by atoms with Crippen LogP contribution < -0.4 is 10.6 Å². The number of carbonyl (C=O) groups excluding carboxylic acids is 3. The molecule has 142 valence electrons. The van der Waals surface area contributed by atoms with E-state index in [2.05, 4.69) is 20.1 Å². The number of hydrogen-bond acceptors (Lipinski definition) is 6. The minimum absolute atomic E-state index is 0.0598. The van der Waals surface area contributed by atoms with Crippen molar-refractivity contribution in [2.45, 2.75) is 0 Å². The Labute approximate surface area is 159 Å². The van der Waals surface area contributed by atoms with E-state index in [0.29, 0.717) is 5.02 Å². The van der Waals surface area contributed by atoms with Gasteiger partial charge in [0.05, 0.1) is 37.6 Å². The monoisotopic (exact) mass is 394 g/mol. The average Bonchev–Trinajstić information content (AvgIpc) is 2.67. The van der Waals surface area contributed by atoms with Crippen molar-refractivity contribution in [2.24, 2.45) is 0 Å². The van der Waals surface area contributed by atoms with Crippen molar-refractivity contribution in [2.75, 3.05) is 31.4 Å². The lowest BCUT2D eigenvalue weighted by Gasteiger charge is -2.11. The predicted octanol–water partition coefficient (Wildman–Crippen LogP) is 3.10. The van der Waals surface area contributed by atoms with Crippen LogP contribution in [0.1, 0.15) is 20.7 Å². The number of benzene rings is 2. The normalized spacial score (nSPS) is 10.1.